The highest BCUT2D eigenvalue weighted by Gasteiger charge is 2.24. The Bertz CT molecular complexity index is 786. The largest absolute Gasteiger partial charge is 0.357 e. The van der Waals surface area contributed by atoms with E-state index in [2.05, 4.69) is 83.7 Å². The lowest BCUT2D eigenvalue weighted by molar-refractivity contribution is 0.158. The molecular weight excluding hydrogens is 503 g/mol. The van der Waals surface area contributed by atoms with E-state index in [1.807, 2.05) is 0 Å². The molecule has 2 heterocycles. The minimum absolute atomic E-state index is 0. The van der Waals surface area contributed by atoms with Crippen molar-refractivity contribution in [1.29, 1.82) is 0 Å². The summed E-state index contributed by atoms with van der Waals surface area (Å²) in [4.78, 5) is 11.7. The monoisotopic (exact) mass is 540 g/mol. The van der Waals surface area contributed by atoms with E-state index < -0.39 is 0 Å². The van der Waals surface area contributed by atoms with Gasteiger partial charge >= 0.3 is 0 Å². The summed E-state index contributed by atoms with van der Waals surface area (Å²) in [5.41, 5.74) is 1.39. The molecule has 1 aliphatic rings. The summed E-state index contributed by atoms with van der Waals surface area (Å²) >= 11 is 0. The van der Waals surface area contributed by atoms with Gasteiger partial charge in [-0.05, 0) is 32.3 Å². The number of aliphatic imine (C=N–C) groups is 1. The molecule has 0 bridgehead atoms. The van der Waals surface area contributed by atoms with Gasteiger partial charge in [-0.1, -0.05) is 49.3 Å². The number of piperidine rings is 1. The molecule has 172 valence electrons. The van der Waals surface area contributed by atoms with Crippen LogP contribution in [0.2, 0.25) is 0 Å². The lowest BCUT2D eigenvalue weighted by Crippen LogP contribution is -2.49. The SMILES string of the molecule is CCNC(=NCCc1nc(C(C)C)no1)NC1CCN(C(C)c2ccccc2)CC1.I. The first-order valence-electron chi connectivity index (χ1n) is 11.2. The van der Waals surface area contributed by atoms with E-state index in [4.69, 9.17) is 9.52 Å². The Hall–Kier alpha value is -1.68. The molecule has 0 spiro atoms. The Morgan fingerprint density at radius 3 is 2.52 bits per heavy atom. The van der Waals surface area contributed by atoms with Gasteiger partial charge in [0.15, 0.2) is 11.8 Å². The smallest absolute Gasteiger partial charge is 0.228 e. The first-order valence-corrected chi connectivity index (χ1v) is 11.2. The number of nitrogens with zero attached hydrogens (tertiary/aromatic N) is 4. The zero-order valence-corrected chi connectivity index (χ0v) is 21.5. The lowest BCUT2D eigenvalue weighted by atomic mass is 10.0. The van der Waals surface area contributed by atoms with Gasteiger partial charge in [0.25, 0.3) is 0 Å². The third kappa shape index (κ3) is 7.75. The van der Waals surface area contributed by atoms with E-state index >= 15 is 0 Å². The number of benzene rings is 1. The average Bonchev–Trinajstić information content (AvgIpc) is 3.24. The summed E-state index contributed by atoms with van der Waals surface area (Å²) < 4.78 is 5.31. The summed E-state index contributed by atoms with van der Waals surface area (Å²) in [6, 6.07) is 11.7. The number of halogens is 1. The first-order chi connectivity index (χ1) is 14.6. The predicted octanol–water partition coefficient (Wildman–Crippen LogP) is 4.13. The molecule has 1 fully saturated rings. The van der Waals surface area contributed by atoms with Crippen molar-refractivity contribution in [2.45, 2.75) is 65.0 Å². The molecule has 1 atom stereocenters. The van der Waals surface area contributed by atoms with Crippen molar-refractivity contribution >= 4 is 29.9 Å². The number of likely N-dealkylation sites (tertiary alicyclic amines) is 1. The van der Waals surface area contributed by atoms with E-state index in [0.29, 0.717) is 30.9 Å². The molecule has 2 aromatic rings. The van der Waals surface area contributed by atoms with Crippen LogP contribution in [0.1, 0.15) is 69.8 Å². The molecule has 1 aromatic heterocycles. The Morgan fingerprint density at radius 2 is 1.90 bits per heavy atom. The maximum Gasteiger partial charge on any atom is 0.228 e. The van der Waals surface area contributed by atoms with E-state index in [0.717, 1.165) is 44.3 Å². The minimum Gasteiger partial charge on any atom is -0.357 e. The van der Waals surface area contributed by atoms with Gasteiger partial charge in [0.1, 0.15) is 0 Å². The fourth-order valence-electron chi connectivity index (χ4n) is 3.75. The van der Waals surface area contributed by atoms with E-state index in [9.17, 15) is 0 Å². The van der Waals surface area contributed by atoms with Crippen LogP contribution in [-0.2, 0) is 6.42 Å². The van der Waals surface area contributed by atoms with Crippen molar-refractivity contribution in [3.8, 4) is 0 Å². The molecule has 8 heteroatoms. The fraction of sp³-hybridized carbons (Fsp3) is 0.609. The molecular formula is C23H37IN6O. The van der Waals surface area contributed by atoms with Crippen molar-refractivity contribution < 1.29 is 4.52 Å². The van der Waals surface area contributed by atoms with Crippen LogP contribution in [0, 0.1) is 0 Å². The molecule has 0 aliphatic carbocycles. The number of hydrogen-bond acceptors (Lipinski definition) is 5. The van der Waals surface area contributed by atoms with Crippen molar-refractivity contribution in [3.63, 3.8) is 0 Å². The van der Waals surface area contributed by atoms with Gasteiger partial charge in [-0.25, -0.2) is 0 Å². The fourth-order valence-corrected chi connectivity index (χ4v) is 3.75. The molecule has 1 unspecified atom stereocenters. The molecule has 0 amide bonds. The van der Waals surface area contributed by atoms with Crippen molar-refractivity contribution in [3.05, 3.63) is 47.6 Å². The second-order valence-corrected chi connectivity index (χ2v) is 8.25. The Balaban J connectivity index is 0.00000341. The Morgan fingerprint density at radius 1 is 1.19 bits per heavy atom. The number of aromatic nitrogens is 2. The van der Waals surface area contributed by atoms with Crippen LogP contribution in [0.5, 0.6) is 0 Å². The Labute approximate surface area is 203 Å². The number of hydrogen-bond donors (Lipinski definition) is 2. The van der Waals surface area contributed by atoms with Gasteiger partial charge in [0.2, 0.25) is 5.89 Å². The number of guanidine groups is 1. The van der Waals surface area contributed by atoms with Crippen LogP contribution in [0.3, 0.4) is 0 Å². The van der Waals surface area contributed by atoms with Gasteiger partial charge in [0, 0.05) is 44.1 Å². The van der Waals surface area contributed by atoms with E-state index in [-0.39, 0.29) is 29.9 Å². The summed E-state index contributed by atoms with van der Waals surface area (Å²) in [6.07, 6.45) is 2.88. The maximum absolute atomic E-state index is 5.31. The molecule has 3 rings (SSSR count). The topological polar surface area (TPSA) is 78.6 Å². The van der Waals surface area contributed by atoms with Gasteiger partial charge in [0.05, 0.1) is 6.54 Å². The Kier molecular flexibility index (Phi) is 10.7. The lowest BCUT2D eigenvalue weighted by Gasteiger charge is -2.37. The van der Waals surface area contributed by atoms with E-state index in [1.165, 1.54) is 5.56 Å². The van der Waals surface area contributed by atoms with Crippen molar-refractivity contribution in [2.75, 3.05) is 26.2 Å². The van der Waals surface area contributed by atoms with Gasteiger partial charge in [-0.15, -0.1) is 24.0 Å². The van der Waals surface area contributed by atoms with E-state index in [1.54, 1.807) is 0 Å². The highest BCUT2D eigenvalue weighted by atomic mass is 127. The summed E-state index contributed by atoms with van der Waals surface area (Å²) in [7, 11) is 0. The molecule has 31 heavy (non-hydrogen) atoms. The summed E-state index contributed by atoms with van der Waals surface area (Å²) in [5.74, 6) is 2.56. The van der Waals surface area contributed by atoms with Crippen LogP contribution >= 0.6 is 24.0 Å². The third-order valence-corrected chi connectivity index (χ3v) is 5.64. The summed E-state index contributed by atoms with van der Waals surface area (Å²) in [5, 5.41) is 11.0. The molecule has 1 saturated heterocycles. The number of nitrogens with one attached hydrogen (secondary N) is 2. The van der Waals surface area contributed by atoms with Crippen LogP contribution in [0.15, 0.2) is 39.8 Å². The van der Waals surface area contributed by atoms with Gasteiger partial charge in [-0.3, -0.25) is 9.89 Å². The molecule has 2 N–H and O–H groups in total. The van der Waals surface area contributed by atoms with Gasteiger partial charge in [-0.2, -0.15) is 4.98 Å². The second-order valence-electron chi connectivity index (χ2n) is 8.25. The van der Waals surface area contributed by atoms with Crippen molar-refractivity contribution in [1.82, 2.24) is 25.7 Å². The molecule has 0 saturated carbocycles. The molecule has 1 aromatic carbocycles. The zero-order valence-electron chi connectivity index (χ0n) is 19.2. The standard InChI is InChI=1S/C23H36N6O.HI/c1-5-24-23(25-14-11-21-27-22(17(2)3)28-30-21)26-20-12-15-29(16-13-20)18(4)19-9-7-6-8-10-19;/h6-10,17-18,20H,5,11-16H2,1-4H3,(H2,24,25,26);1H. The van der Waals surface area contributed by atoms with Crippen LogP contribution in [0.25, 0.3) is 0 Å². The third-order valence-electron chi connectivity index (χ3n) is 5.64. The van der Waals surface area contributed by atoms with Crippen LogP contribution < -0.4 is 10.6 Å². The first kappa shape index (κ1) is 25.6. The number of rotatable bonds is 8. The minimum atomic E-state index is 0. The molecule has 1 aliphatic heterocycles. The van der Waals surface area contributed by atoms with Crippen molar-refractivity contribution in [2.24, 2.45) is 4.99 Å². The second kappa shape index (κ2) is 13.0. The predicted molar refractivity (Wildman–Crippen MR) is 136 cm³/mol. The van der Waals surface area contributed by atoms with Crippen LogP contribution in [-0.4, -0.2) is 53.2 Å². The van der Waals surface area contributed by atoms with Gasteiger partial charge < -0.3 is 15.2 Å². The molecule has 0 radical (unpaired) electrons. The average molecular weight is 540 g/mol. The molecule has 7 nitrogen and oxygen atoms in total. The zero-order chi connectivity index (χ0) is 21.3. The normalized spacial score (nSPS) is 16.7. The highest BCUT2D eigenvalue weighted by Crippen LogP contribution is 2.24. The highest BCUT2D eigenvalue weighted by molar-refractivity contribution is 14.0. The quantitative estimate of drug-likeness (QED) is 0.298. The van der Waals surface area contributed by atoms with Crippen LogP contribution in [0.4, 0.5) is 0 Å². The summed E-state index contributed by atoms with van der Waals surface area (Å²) in [6.45, 7) is 12.2. The maximum atomic E-state index is 5.31.